The number of rotatable bonds is 2. The first kappa shape index (κ1) is 9.72. The average molecular weight is 222 g/mol. The Balaban J connectivity index is 1.99. The highest BCUT2D eigenvalue weighted by Crippen LogP contribution is 2.16. The molecule has 0 aliphatic rings. The van der Waals surface area contributed by atoms with Crippen LogP contribution < -0.4 is 0 Å². The maximum absolute atomic E-state index is 4.30. The molecule has 3 aromatic rings. The van der Waals surface area contributed by atoms with Crippen LogP contribution in [0.1, 0.15) is 0 Å². The van der Waals surface area contributed by atoms with E-state index in [1.165, 1.54) is 0 Å². The Labute approximate surface area is 98.6 Å². The zero-order valence-corrected chi connectivity index (χ0v) is 9.06. The molecule has 17 heavy (non-hydrogen) atoms. The summed E-state index contributed by atoms with van der Waals surface area (Å²) in [5.41, 5.74) is 2.85. The largest absolute Gasteiger partial charge is 0.262 e. The molecule has 0 amide bonds. The normalized spacial score (nSPS) is 10.4. The minimum absolute atomic E-state index is 0.919. The van der Waals surface area contributed by atoms with E-state index in [0.29, 0.717) is 0 Å². The molecule has 0 aromatic carbocycles. The van der Waals surface area contributed by atoms with Crippen molar-refractivity contribution in [3.8, 4) is 16.9 Å². The van der Waals surface area contributed by atoms with Crippen LogP contribution in [0.25, 0.3) is 16.9 Å². The van der Waals surface area contributed by atoms with E-state index in [4.69, 9.17) is 0 Å². The van der Waals surface area contributed by atoms with Crippen molar-refractivity contribution in [1.29, 1.82) is 0 Å². The molecule has 0 saturated carbocycles. The van der Waals surface area contributed by atoms with Crippen LogP contribution in [-0.2, 0) is 0 Å². The van der Waals surface area contributed by atoms with E-state index in [0.717, 1.165) is 16.9 Å². The Morgan fingerprint density at radius 2 is 1.94 bits per heavy atom. The Morgan fingerprint density at radius 3 is 2.71 bits per heavy atom. The summed E-state index contributed by atoms with van der Waals surface area (Å²) < 4.78 is 1.79. The molecule has 3 aromatic heterocycles. The molecule has 0 aliphatic heterocycles. The molecule has 0 bridgehead atoms. The van der Waals surface area contributed by atoms with Crippen molar-refractivity contribution in [3.05, 3.63) is 61.3 Å². The van der Waals surface area contributed by atoms with Crippen LogP contribution in [0.3, 0.4) is 0 Å². The van der Waals surface area contributed by atoms with Crippen molar-refractivity contribution in [2.75, 3.05) is 0 Å². The van der Waals surface area contributed by atoms with Gasteiger partial charge < -0.3 is 0 Å². The van der Waals surface area contributed by atoms with Crippen LogP contribution in [0.2, 0.25) is 0 Å². The van der Waals surface area contributed by atoms with Gasteiger partial charge in [0, 0.05) is 24.2 Å². The molecule has 0 fully saturated rings. The van der Waals surface area contributed by atoms with Crippen molar-refractivity contribution in [2.45, 2.75) is 0 Å². The molecule has 0 radical (unpaired) electrons. The lowest BCUT2D eigenvalue weighted by Crippen LogP contribution is -1.93. The van der Waals surface area contributed by atoms with E-state index < -0.39 is 0 Å². The van der Waals surface area contributed by atoms with Gasteiger partial charge in [-0.25, -0.2) is 4.68 Å². The Morgan fingerprint density at radius 1 is 0.941 bits per heavy atom. The molecular weight excluding hydrogens is 212 g/mol. The van der Waals surface area contributed by atoms with Gasteiger partial charge in [-0.15, -0.1) is 0 Å². The van der Waals surface area contributed by atoms with Crippen LogP contribution in [0.4, 0.5) is 0 Å². The Kier molecular flexibility index (Phi) is 2.38. The highest BCUT2D eigenvalue weighted by molar-refractivity contribution is 5.57. The lowest BCUT2D eigenvalue weighted by molar-refractivity contribution is 0.874. The second-order valence-corrected chi connectivity index (χ2v) is 3.60. The molecule has 0 N–H and O–H groups in total. The summed E-state index contributed by atoms with van der Waals surface area (Å²) in [7, 11) is 0. The molecule has 0 saturated heterocycles. The Bertz CT molecular complexity index is 548. The predicted molar refractivity (Wildman–Crippen MR) is 64.6 cm³/mol. The maximum Gasteiger partial charge on any atom is 0.0828 e. The SMILES string of the molecule is c1ccc(-c2cnn(-c3cccnc3)c2)nc1. The van der Waals surface area contributed by atoms with Crippen molar-refractivity contribution in [2.24, 2.45) is 0 Å². The monoisotopic (exact) mass is 222 g/mol. The van der Waals surface area contributed by atoms with Crippen molar-refractivity contribution >= 4 is 0 Å². The zero-order valence-electron chi connectivity index (χ0n) is 9.06. The minimum atomic E-state index is 0.919. The van der Waals surface area contributed by atoms with Crippen LogP contribution in [0.5, 0.6) is 0 Å². The predicted octanol–water partition coefficient (Wildman–Crippen LogP) is 2.33. The van der Waals surface area contributed by atoms with Gasteiger partial charge in [0.05, 0.1) is 23.8 Å². The number of hydrogen-bond donors (Lipinski definition) is 0. The van der Waals surface area contributed by atoms with Gasteiger partial charge in [-0.05, 0) is 24.3 Å². The lowest BCUT2D eigenvalue weighted by atomic mass is 10.2. The summed E-state index contributed by atoms with van der Waals surface area (Å²) in [6, 6.07) is 9.67. The number of pyridine rings is 2. The molecule has 4 nitrogen and oxygen atoms in total. The van der Waals surface area contributed by atoms with Crippen molar-refractivity contribution < 1.29 is 0 Å². The van der Waals surface area contributed by atoms with E-state index >= 15 is 0 Å². The standard InChI is InChI=1S/C13H10N4/c1-2-7-15-13(5-1)11-8-16-17(10-11)12-4-3-6-14-9-12/h1-10H. The summed E-state index contributed by atoms with van der Waals surface area (Å²) in [6.07, 6.45) is 9.04. The average Bonchev–Trinajstić information content (AvgIpc) is 2.90. The Hall–Kier alpha value is -2.49. The highest BCUT2D eigenvalue weighted by atomic mass is 15.3. The molecule has 3 rings (SSSR count). The molecule has 3 heterocycles. The van der Waals surface area contributed by atoms with Crippen molar-refractivity contribution in [3.63, 3.8) is 0 Å². The smallest absolute Gasteiger partial charge is 0.0828 e. The fraction of sp³-hybridized carbons (Fsp3) is 0. The maximum atomic E-state index is 4.30. The van der Waals surface area contributed by atoms with E-state index in [2.05, 4.69) is 15.1 Å². The second kappa shape index (κ2) is 4.17. The first-order valence-electron chi connectivity index (χ1n) is 5.30. The van der Waals surface area contributed by atoms with E-state index in [1.54, 1.807) is 29.5 Å². The summed E-state index contributed by atoms with van der Waals surface area (Å²) in [5.74, 6) is 0. The molecule has 0 atom stereocenters. The first-order chi connectivity index (χ1) is 8.43. The zero-order chi connectivity index (χ0) is 11.5. The van der Waals surface area contributed by atoms with Crippen LogP contribution in [0.15, 0.2) is 61.3 Å². The van der Waals surface area contributed by atoms with Gasteiger partial charge in [-0.3, -0.25) is 9.97 Å². The first-order valence-corrected chi connectivity index (χ1v) is 5.30. The third kappa shape index (κ3) is 1.92. The lowest BCUT2D eigenvalue weighted by Gasteiger charge is -1.98. The van der Waals surface area contributed by atoms with Gasteiger partial charge in [0.15, 0.2) is 0 Å². The molecule has 0 aliphatic carbocycles. The molecule has 0 unspecified atom stereocenters. The van der Waals surface area contributed by atoms with Gasteiger partial charge in [-0.1, -0.05) is 6.07 Å². The van der Waals surface area contributed by atoms with Crippen molar-refractivity contribution in [1.82, 2.24) is 19.7 Å². The summed E-state index contributed by atoms with van der Waals surface area (Å²) >= 11 is 0. The highest BCUT2D eigenvalue weighted by Gasteiger charge is 2.03. The summed E-state index contributed by atoms with van der Waals surface area (Å²) in [5, 5.41) is 4.30. The van der Waals surface area contributed by atoms with Gasteiger partial charge in [-0.2, -0.15) is 5.10 Å². The molecule has 4 heteroatoms. The van der Waals surface area contributed by atoms with Gasteiger partial charge >= 0.3 is 0 Å². The van der Waals surface area contributed by atoms with Crippen LogP contribution in [0, 0.1) is 0 Å². The number of aromatic nitrogens is 4. The van der Waals surface area contributed by atoms with Crippen LogP contribution >= 0.6 is 0 Å². The fourth-order valence-electron chi connectivity index (χ4n) is 1.62. The third-order valence-electron chi connectivity index (χ3n) is 2.45. The molecule has 0 spiro atoms. The minimum Gasteiger partial charge on any atom is -0.262 e. The van der Waals surface area contributed by atoms with Gasteiger partial charge in [0.25, 0.3) is 0 Å². The van der Waals surface area contributed by atoms with Crippen LogP contribution in [-0.4, -0.2) is 19.7 Å². The topological polar surface area (TPSA) is 43.6 Å². The van der Waals surface area contributed by atoms with Gasteiger partial charge in [0.1, 0.15) is 0 Å². The quantitative estimate of drug-likeness (QED) is 0.668. The van der Waals surface area contributed by atoms with Gasteiger partial charge in [0.2, 0.25) is 0 Å². The summed E-state index contributed by atoms with van der Waals surface area (Å²) in [6.45, 7) is 0. The molecule has 82 valence electrons. The van der Waals surface area contributed by atoms with E-state index in [9.17, 15) is 0 Å². The second-order valence-electron chi connectivity index (χ2n) is 3.60. The number of hydrogen-bond acceptors (Lipinski definition) is 3. The number of nitrogens with zero attached hydrogens (tertiary/aromatic N) is 4. The molecular formula is C13H10N4. The summed E-state index contributed by atoms with van der Waals surface area (Å²) in [4.78, 5) is 8.35. The fourth-order valence-corrected chi connectivity index (χ4v) is 1.62. The van der Waals surface area contributed by atoms with E-state index in [1.807, 2.05) is 36.5 Å². The third-order valence-corrected chi connectivity index (χ3v) is 2.45. The van der Waals surface area contributed by atoms with E-state index in [-0.39, 0.29) is 0 Å².